The predicted molar refractivity (Wildman–Crippen MR) is 54.6 cm³/mol. The van der Waals surface area contributed by atoms with E-state index in [1.54, 1.807) is 12.3 Å². The molecule has 72 valence electrons. The third kappa shape index (κ3) is 3.72. The molecule has 1 unspecified atom stereocenters. The van der Waals surface area contributed by atoms with E-state index in [4.69, 9.17) is 23.1 Å². The minimum atomic E-state index is 0.0793. The third-order valence-electron chi connectivity index (χ3n) is 1.90. The highest BCUT2D eigenvalue weighted by atomic mass is 35.5. The topological polar surface area (TPSA) is 64.9 Å². The summed E-state index contributed by atoms with van der Waals surface area (Å²) in [5, 5.41) is 0.520. The molecule has 0 spiro atoms. The quantitative estimate of drug-likeness (QED) is 0.710. The first kappa shape index (κ1) is 10.4. The van der Waals surface area contributed by atoms with Crippen molar-refractivity contribution in [2.24, 2.45) is 11.5 Å². The van der Waals surface area contributed by atoms with Crippen LogP contribution in [0, 0.1) is 0 Å². The van der Waals surface area contributed by atoms with Gasteiger partial charge in [0.05, 0.1) is 0 Å². The third-order valence-corrected chi connectivity index (χ3v) is 2.12. The number of halogens is 1. The fourth-order valence-corrected chi connectivity index (χ4v) is 1.14. The Hall–Kier alpha value is -0.640. The highest BCUT2D eigenvalue weighted by Gasteiger charge is 2.00. The normalized spacial score (nSPS) is 12.8. The largest absolute Gasteiger partial charge is 0.329 e. The molecule has 4 heteroatoms. The summed E-state index contributed by atoms with van der Waals surface area (Å²) in [4.78, 5) is 3.98. The molecule has 0 aromatic carbocycles. The first-order chi connectivity index (χ1) is 6.22. The number of pyridine rings is 1. The van der Waals surface area contributed by atoms with Crippen LogP contribution in [0.5, 0.6) is 0 Å². The number of rotatable bonds is 4. The van der Waals surface area contributed by atoms with Crippen molar-refractivity contribution in [1.82, 2.24) is 4.98 Å². The van der Waals surface area contributed by atoms with Gasteiger partial charge in [-0.05, 0) is 24.5 Å². The second-order valence-corrected chi connectivity index (χ2v) is 3.41. The van der Waals surface area contributed by atoms with Gasteiger partial charge < -0.3 is 11.5 Å². The van der Waals surface area contributed by atoms with E-state index in [0.717, 1.165) is 18.4 Å². The van der Waals surface area contributed by atoms with Crippen molar-refractivity contribution in [1.29, 1.82) is 0 Å². The van der Waals surface area contributed by atoms with Gasteiger partial charge in [0.15, 0.2) is 0 Å². The number of aromatic nitrogens is 1. The number of nitrogens with zero attached hydrogens (tertiary/aromatic N) is 1. The standard InChI is InChI=1S/C9H14ClN3/c10-9-4-2-7(6-13-9)1-3-8(12)5-11/h2,4,6,8H,1,3,5,11-12H2. The zero-order chi connectivity index (χ0) is 9.68. The maximum Gasteiger partial charge on any atom is 0.129 e. The molecule has 1 atom stereocenters. The molecule has 1 rings (SSSR count). The summed E-state index contributed by atoms with van der Waals surface area (Å²) in [5.74, 6) is 0. The van der Waals surface area contributed by atoms with Crippen molar-refractivity contribution in [3.63, 3.8) is 0 Å². The summed E-state index contributed by atoms with van der Waals surface area (Å²) in [5.41, 5.74) is 12.2. The van der Waals surface area contributed by atoms with Crippen molar-refractivity contribution >= 4 is 11.6 Å². The zero-order valence-corrected chi connectivity index (χ0v) is 8.17. The Bertz CT molecular complexity index is 248. The molecule has 0 amide bonds. The number of hydrogen-bond donors (Lipinski definition) is 2. The molecule has 0 aliphatic heterocycles. The Morgan fingerprint density at radius 1 is 1.46 bits per heavy atom. The molecule has 0 saturated heterocycles. The van der Waals surface area contributed by atoms with Crippen LogP contribution in [0.4, 0.5) is 0 Å². The van der Waals surface area contributed by atoms with Gasteiger partial charge in [0.1, 0.15) is 5.15 Å². The van der Waals surface area contributed by atoms with Crippen LogP contribution >= 0.6 is 11.6 Å². The van der Waals surface area contributed by atoms with Crippen LogP contribution in [0.1, 0.15) is 12.0 Å². The van der Waals surface area contributed by atoms with Gasteiger partial charge in [0, 0.05) is 18.8 Å². The van der Waals surface area contributed by atoms with Crippen molar-refractivity contribution in [2.45, 2.75) is 18.9 Å². The van der Waals surface area contributed by atoms with E-state index in [1.807, 2.05) is 6.07 Å². The lowest BCUT2D eigenvalue weighted by atomic mass is 10.1. The van der Waals surface area contributed by atoms with Gasteiger partial charge >= 0.3 is 0 Å². The van der Waals surface area contributed by atoms with Gasteiger partial charge in [-0.15, -0.1) is 0 Å². The molecule has 1 aromatic rings. The Morgan fingerprint density at radius 2 is 2.23 bits per heavy atom. The van der Waals surface area contributed by atoms with Crippen LogP contribution in [0.2, 0.25) is 5.15 Å². The van der Waals surface area contributed by atoms with Crippen LogP contribution in [0.3, 0.4) is 0 Å². The van der Waals surface area contributed by atoms with Crippen molar-refractivity contribution in [3.8, 4) is 0 Å². The van der Waals surface area contributed by atoms with E-state index in [2.05, 4.69) is 4.98 Å². The summed E-state index contributed by atoms with van der Waals surface area (Å²) in [6.07, 6.45) is 3.56. The molecule has 1 aromatic heterocycles. The first-order valence-electron chi connectivity index (χ1n) is 4.28. The molecule has 4 N–H and O–H groups in total. The number of hydrogen-bond acceptors (Lipinski definition) is 3. The van der Waals surface area contributed by atoms with E-state index in [-0.39, 0.29) is 6.04 Å². The molecule has 0 bridgehead atoms. The Kier molecular flexibility index (Phi) is 4.15. The van der Waals surface area contributed by atoms with Gasteiger partial charge in [-0.2, -0.15) is 0 Å². The molecular formula is C9H14ClN3. The Morgan fingerprint density at radius 3 is 2.77 bits per heavy atom. The second-order valence-electron chi connectivity index (χ2n) is 3.02. The van der Waals surface area contributed by atoms with Gasteiger partial charge in [0.25, 0.3) is 0 Å². The lowest BCUT2D eigenvalue weighted by Crippen LogP contribution is -2.29. The van der Waals surface area contributed by atoms with Crippen LogP contribution in [0.25, 0.3) is 0 Å². The van der Waals surface area contributed by atoms with E-state index in [9.17, 15) is 0 Å². The summed E-state index contributed by atoms with van der Waals surface area (Å²) >= 11 is 5.65. The van der Waals surface area contributed by atoms with E-state index in [1.165, 1.54) is 0 Å². The molecule has 13 heavy (non-hydrogen) atoms. The van der Waals surface area contributed by atoms with Gasteiger partial charge in [-0.3, -0.25) is 0 Å². The molecule has 1 heterocycles. The van der Waals surface area contributed by atoms with E-state index >= 15 is 0 Å². The lowest BCUT2D eigenvalue weighted by molar-refractivity contribution is 0.622. The summed E-state index contributed by atoms with van der Waals surface area (Å²) in [6, 6.07) is 3.82. The van der Waals surface area contributed by atoms with Gasteiger partial charge in [-0.25, -0.2) is 4.98 Å². The Balaban J connectivity index is 2.41. The summed E-state index contributed by atoms with van der Waals surface area (Å²) in [6.45, 7) is 0.529. The zero-order valence-electron chi connectivity index (χ0n) is 7.41. The average Bonchev–Trinajstić information content (AvgIpc) is 2.16. The minimum Gasteiger partial charge on any atom is -0.329 e. The Labute approximate surface area is 83.1 Å². The fourth-order valence-electron chi connectivity index (χ4n) is 1.02. The van der Waals surface area contributed by atoms with Gasteiger partial charge in [0.2, 0.25) is 0 Å². The number of aryl methyl sites for hydroxylation is 1. The molecule has 0 aliphatic carbocycles. The molecule has 0 radical (unpaired) electrons. The minimum absolute atomic E-state index is 0.0793. The fraction of sp³-hybridized carbons (Fsp3) is 0.444. The molecular weight excluding hydrogens is 186 g/mol. The highest BCUT2D eigenvalue weighted by molar-refractivity contribution is 6.29. The van der Waals surface area contributed by atoms with E-state index < -0.39 is 0 Å². The maximum atomic E-state index is 5.68. The molecule has 0 aliphatic rings. The van der Waals surface area contributed by atoms with Crippen LogP contribution in [-0.4, -0.2) is 17.6 Å². The maximum absolute atomic E-state index is 5.68. The lowest BCUT2D eigenvalue weighted by Gasteiger charge is -2.07. The van der Waals surface area contributed by atoms with E-state index in [0.29, 0.717) is 11.7 Å². The monoisotopic (exact) mass is 199 g/mol. The van der Waals surface area contributed by atoms with Gasteiger partial charge in [-0.1, -0.05) is 17.7 Å². The van der Waals surface area contributed by atoms with Crippen molar-refractivity contribution in [3.05, 3.63) is 29.0 Å². The SMILES string of the molecule is NCC(N)CCc1ccc(Cl)nc1. The second kappa shape index (κ2) is 5.17. The molecule has 0 saturated carbocycles. The smallest absolute Gasteiger partial charge is 0.129 e. The van der Waals surface area contributed by atoms with Crippen LogP contribution in [0.15, 0.2) is 18.3 Å². The van der Waals surface area contributed by atoms with Crippen molar-refractivity contribution in [2.75, 3.05) is 6.54 Å². The molecule has 3 nitrogen and oxygen atoms in total. The predicted octanol–water partition coefficient (Wildman–Crippen LogP) is 0.954. The highest BCUT2D eigenvalue weighted by Crippen LogP contribution is 2.07. The number of nitrogens with two attached hydrogens (primary N) is 2. The first-order valence-corrected chi connectivity index (χ1v) is 4.66. The summed E-state index contributed by atoms with van der Waals surface area (Å²) in [7, 11) is 0. The van der Waals surface area contributed by atoms with Crippen LogP contribution in [-0.2, 0) is 6.42 Å². The molecule has 0 fully saturated rings. The van der Waals surface area contributed by atoms with Crippen molar-refractivity contribution < 1.29 is 0 Å². The average molecular weight is 200 g/mol. The summed E-state index contributed by atoms with van der Waals surface area (Å²) < 4.78 is 0. The van der Waals surface area contributed by atoms with Crippen LogP contribution < -0.4 is 11.5 Å².